The van der Waals surface area contributed by atoms with Crippen LogP contribution in [0, 0.1) is 27.7 Å². The smallest absolute Gasteiger partial charge is 0.259 e. The van der Waals surface area contributed by atoms with E-state index in [0.29, 0.717) is 34.6 Å². The monoisotopic (exact) mass is 379 g/mol. The molecule has 144 valence electrons. The van der Waals surface area contributed by atoms with Gasteiger partial charge in [0.2, 0.25) is 0 Å². The molecular formula is C21H21N3O4. The maximum absolute atomic E-state index is 13.3. The van der Waals surface area contributed by atoms with Crippen molar-refractivity contribution >= 4 is 17.0 Å². The Morgan fingerprint density at radius 1 is 1.07 bits per heavy atom. The minimum Gasteiger partial charge on any atom is -0.466 e. The first kappa shape index (κ1) is 18.0. The van der Waals surface area contributed by atoms with E-state index >= 15 is 0 Å². The van der Waals surface area contributed by atoms with E-state index in [1.807, 2.05) is 39.0 Å². The topological polar surface area (TPSA) is 85.5 Å². The summed E-state index contributed by atoms with van der Waals surface area (Å²) in [6.45, 7) is 7.78. The molecule has 0 radical (unpaired) electrons. The third-order valence-electron chi connectivity index (χ3n) is 4.70. The van der Waals surface area contributed by atoms with Crippen LogP contribution < -0.4 is 0 Å². The van der Waals surface area contributed by atoms with Crippen LogP contribution in [0.4, 0.5) is 0 Å². The highest BCUT2D eigenvalue weighted by Gasteiger charge is 2.23. The van der Waals surface area contributed by atoms with E-state index in [0.717, 1.165) is 28.6 Å². The van der Waals surface area contributed by atoms with Crippen LogP contribution in [0.25, 0.3) is 22.4 Å². The summed E-state index contributed by atoms with van der Waals surface area (Å²) >= 11 is 0. The maximum atomic E-state index is 13.3. The van der Waals surface area contributed by atoms with Crippen LogP contribution in [0.5, 0.6) is 0 Å². The van der Waals surface area contributed by atoms with Crippen LogP contribution >= 0.6 is 0 Å². The first-order chi connectivity index (χ1) is 13.3. The Hall–Kier alpha value is -3.35. The summed E-state index contributed by atoms with van der Waals surface area (Å²) in [7, 11) is 1.74. The Balaban J connectivity index is 1.79. The zero-order valence-corrected chi connectivity index (χ0v) is 16.5. The number of amides is 1. The molecule has 7 nitrogen and oxygen atoms in total. The van der Waals surface area contributed by atoms with Gasteiger partial charge in [0.1, 0.15) is 23.0 Å². The molecule has 0 unspecified atom stereocenters. The number of hydrogen-bond acceptors (Lipinski definition) is 6. The van der Waals surface area contributed by atoms with E-state index in [4.69, 9.17) is 13.4 Å². The van der Waals surface area contributed by atoms with E-state index in [-0.39, 0.29) is 5.91 Å². The van der Waals surface area contributed by atoms with Gasteiger partial charge in [-0.15, -0.1) is 0 Å². The summed E-state index contributed by atoms with van der Waals surface area (Å²) < 4.78 is 16.6. The SMILES string of the molecule is Cc1ccc(CN(C)C(=O)c2cc(-c3cc(C)oc3C)nc3onc(C)c23)o1. The Morgan fingerprint density at radius 3 is 2.50 bits per heavy atom. The predicted molar refractivity (Wildman–Crippen MR) is 103 cm³/mol. The van der Waals surface area contributed by atoms with Crippen molar-refractivity contribution in [3.63, 3.8) is 0 Å². The maximum Gasteiger partial charge on any atom is 0.259 e. The van der Waals surface area contributed by atoms with Gasteiger partial charge in [0, 0.05) is 12.6 Å². The average Bonchev–Trinajstić information content (AvgIpc) is 3.33. The molecule has 4 aromatic heterocycles. The molecule has 0 atom stereocenters. The van der Waals surface area contributed by atoms with Gasteiger partial charge in [0.25, 0.3) is 11.6 Å². The minimum atomic E-state index is -0.160. The summed E-state index contributed by atoms with van der Waals surface area (Å²) in [5, 5.41) is 4.62. The summed E-state index contributed by atoms with van der Waals surface area (Å²) in [5.74, 6) is 2.89. The van der Waals surface area contributed by atoms with Gasteiger partial charge in [-0.2, -0.15) is 0 Å². The van der Waals surface area contributed by atoms with Gasteiger partial charge >= 0.3 is 0 Å². The first-order valence-electron chi connectivity index (χ1n) is 8.98. The molecule has 0 saturated carbocycles. The molecule has 0 aliphatic carbocycles. The van der Waals surface area contributed by atoms with Crippen molar-refractivity contribution < 1.29 is 18.2 Å². The summed E-state index contributed by atoms with van der Waals surface area (Å²) in [4.78, 5) is 19.4. The molecule has 0 saturated heterocycles. The molecule has 0 aromatic carbocycles. The zero-order valence-electron chi connectivity index (χ0n) is 16.5. The van der Waals surface area contributed by atoms with Gasteiger partial charge in [-0.05, 0) is 52.0 Å². The molecule has 4 rings (SSSR count). The van der Waals surface area contributed by atoms with Gasteiger partial charge < -0.3 is 18.3 Å². The van der Waals surface area contributed by atoms with Gasteiger partial charge in [-0.3, -0.25) is 4.79 Å². The van der Waals surface area contributed by atoms with Gasteiger partial charge in [0.15, 0.2) is 0 Å². The molecule has 0 fully saturated rings. The normalized spacial score (nSPS) is 11.3. The fraction of sp³-hybridized carbons (Fsp3) is 0.286. The van der Waals surface area contributed by atoms with E-state index in [9.17, 15) is 4.79 Å². The van der Waals surface area contributed by atoms with Gasteiger partial charge in [-0.1, -0.05) is 5.16 Å². The molecule has 0 spiro atoms. The molecule has 0 aliphatic heterocycles. The summed E-state index contributed by atoms with van der Waals surface area (Å²) in [6.07, 6.45) is 0. The van der Waals surface area contributed by atoms with E-state index in [2.05, 4.69) is 10.1 Å². The third-order valence-corrected chi connectivity index (χ3v) is 4.70. The quantitative estimate of drug-likeness (QED) is 0.516. The average molecular weight is 379 g/mol. The van der Waals surface area contributed by atoms with Crippen molar-refractivity contribution in [1.29, 1.82) is 0 Å². The number of pyridine rings is 1. The highest BCUT2D eigenvalue weighted by Crippen LogP contribution is 2.31. The van der Waals surface area contributed by atoms with Crippen molar-refractivity contribution in [2.24, 2.45) is 0 Å². The van der Waals surface area contributed by atoms with Gasteiger partial charge in [-0.25, -0.2) is 4.98 Å². The molecule has 4 heterocycles. The molecule has 0 aliphatic rings. The van der Waals surface area contributed by atoms with Crippen molar-refractivity contribution in [3.05, 3.63) is 58.6 Å². The van der Waals surface area contributed by atoms with Crippen molar-refractivity contribution in [3.8, 4) is 11.3 Å². The number of hydrogen-bond donors (Lipinski definition) is 0. The van der Waals surface area contributed by atoms with Crippen molar-refractivity contribution in [2.45, 2.75) is 34.2 Å². The first-order valence-corrected chi connectivity index (χ1v) is 8.98. The Morgan fingerprint density at radius 2 is 1.86 bits per heavy atom. The Kier molecular flexibility index (Phi) is 4.30. The fourth-order valence-electron chi connectivity index (χ4n) is 3.37. The fourth-order valence-corrected chi connectivity index (χ4v) is 3.37. The van der Waals surface area contributed by atoms with Crippen LogP contribution in [0.1, 0.15) is 39.1 Å². The lowest BCUT2D eigenvalue weighted by Crippen LogP contribution is -2.26. The van der Waals surface area contributed by atoms with Crippen LogP contribution in [0.2, 0.25) is 0 Å². The minimum absolute atomic E-state index is 0.160. The lowest BCUT2D eigenvalue weighted by molar-refractivity contribution is 0.0777. The number of aryl methyl sites for hydroxylation is 4. The molecule has 28 heavy (non-hydrogen) atoms. The number of carbonyl (C=O) groups excluding carboxylic acids is 1. The largest absolute Gasteiger partial charge is 0.466 e. The number of furan rings is 2. The van der Waals surface area contributed by atoms with E-state index in [1.54, 1.807) is 24.9 Å². The lowest BCUT2D eigenvalue weighted by atomic mass is 10.0. The number of nitrogens with zero attached hydrogens (tertiary/aromatic N) is 3. The van der Waals surface area contributed by atoms with Crippen LogP contribution in [-0.2, 0) is 6.54 Å². The lowest BCUT2D eigenvalue weighted by Gasteiger charge is -2.16. The van der Waals surface area contributed by atoms with Crippen LogP contribution in [0.15, 0.2) is 37.6 Å². The Labute approximate surface area is 161 Å². The summed E-state index contributed by atoms with van der Waals surface area (Å²) in [6, 6.07) is 7.42. The zero-order chi connectivity index (χ0) is 20.0. The molecule has 0 bridgehead atoms. The van der Waals surface area contributed by atoms with E-state index < -0.39 is 0 Å². The number of aromatic nitrogens is 2. The highest BCUT2D eigenvalue weighted by molar-refractivity contribution is 6.06. The second-order valence-electron chi connectivity index (χ2n) is 7.00. The number of carbonyl (C=O) groups is 1. The van der Waals surface area contributed by atoms with Gasteiger partial charge in [0.05, 0.1) is 28.9 Å². The molecule has 0 N–H and O–H groups in total. The number of fused-ring (bicyclic) bond motifs is 1. The molecule has 7 heteroatoms. The van der Waals surface area contributed by atoms with Crippen molar-refractivity contribution in [1.82, 2.24) is 15.0 Å². The molecule has 4 aromatic rings. The number of rotatable bonds is 4. The standard InChI is InChI=1S/C21H21N3O4/c1-11-6-7-15(27-11)10-24(5)21(25)17-9-18(16-8-12(2)26-14(16)4)22-20-19(17)13(3)23-28-20/h6-9H,10H2,1-5H3. The molecular weight excluding hydrogens is 358 g/mol. The van der Waals surface area contributed by atoms with Crippen LogP contribution in [0.3, 0.4) is 0 Å². The molecule has 1 amide bonds. The Bertz CT molecular complexity index is 1180. The summed E-state index contributed by atoms with van der Waals surface area (Å²) in [5.41, 5.74) is 2.89. The predicted octanol–water partition coefficient (Wildman–Crippen LogP) is 4.58. The van der Waals surface area contributed by atoms with Crippen LogP contribution in [-0.4, -0.2) is 28.0 Å². The van der Waals surface area contributed by atoms with E-state index in [1.165, 1.54) is 0 Å². The third kappa shape index (κ3) is 3.09. The second kappa shape index (κ2) is 6.67. The highest BCUT2D eigenvalue weighted by atomic mass is 16.5. The van der Waals surface area contributed by atoms with Crippen molar-refractivity contribution in [2.75, 3.05) is 7.05 Å². The second-order valence-corrected chi connectivity index (χ2v) is 7.00.